The van der Waals surface area contributed by atoms with Gasteiger partial charge in [0.15, 0.2) is 0 Å². The van der Waals surface area contributed by atoms with E-state index in [9.17, 15) is 13.2 Å². The zero-order valence-corrected chi connectivity index (χ0v) is 18.4. The highest BCUT2D eigenvalue weighted by atomic mass is 32.2. The summed E-state index contributed by atoms with van der Waals surface area (Å²) in [5, 5.41) is 3.02. The summed E-state index contributed by atoms with van der Waals surface area (Å²) in [7, 11) is 0.518. The van der Waals surface area contributed by atoms with E-state index < -0.39 is 10.0 Å². The molecule has 1 fully saturated rings. The maximum Gasteiger partial charge on any atom is 0.243 e. The van der Waals surface area contributed by atoms with Gasteiger partial charge in [-0.05, 0) is 31.8 Å². The number of carbonyl (C=O) groups is 1. The fourth-order valence-corrected chi connectivity index (χ4v) is 5.06. The molecule has 1 unspecified atom stereocenters. The van der Waals surface area contributed by atoms with Crippen molar-refractivity contribution in [2.45, 2.75) is 10.9 Å². The fourth-order valence-electron chi connectivity index (χ4n) is 3.61. The number of nitrogens with one attached hydrogen (secondary N) is 1. The van der Waals surface area contributed by atoms with Crippen molar-refractivity contribution in [2.75, 3.05) is 53.4 Å². The van der Waals surface area contributed by atoms with E-state index in [1.165, 1.54) is 4.31 Å². The number of benzene rings is 2. The van der Waals surface area contributed by atoms with E-state index in [1.54, 1.807) is 30.3 Å². The minimum atomic E-state index is -3.47. The second kappa shape index (κ2) is 10.2. The van der Waals surface area contributed by atoms with Gasteiger partial charge in [-0.3, -0.25) is 9.69 Å². The van der Waals surface area contributed by atoms with Crippen LogP contribution in [0.15, 0.2) is 65.6 Å². The SMILES string of the molecule is CN(C)C(CNC(=O)CN1CCN(S(=O)(=O)c2ccccc2)CC1)c1ccccc1. The number of amides is 1. The summed E-state index contributed by atoms with van der Waals surface area (Å²) in [5.41, 5.74) is 1.16. The molecule has 0 spiro atoms. The number of rotatable bonds is 8. The van der Waals surface area contributed by atoms with Crippen molar-refractivity contribution in [3.8, 4) is 0 Å². The van der Waals surface area contributed by atoms with E-state index in [4.69, 9.17) is 0 Å². The quantitative estimate of drug-likeness (QED) is 0.686. The van der Waals surface area contributed by atoms with Crippen LogP contribution in [0.1, 0.15) is 11.6 Å². The Kier molecular flexibility index (Phi) is 7.60. The Balaban J connectivity index is 1.48. The van der Waals surface area contributed by atoms with Gasteiger partial charge >= 0.3 is 0 Å². The van der Waals surface area contributed by atoms with Gasteiger partial charge in [0.25, 0.3) is 0 Å². The molecule has 2 aromatic rings. The summed E-state index contributed by atoms with van der Waals surface area (Å²) < 4.78 is 26.9. The lowest BCUT2D eigenvalue weighted by molar-refractivity contribution is -0.122. The number of sulfonamides is 1. The maximum absolute atomic E-state index is 12.7. The average Bonchev–Trinajstić information content (AvgIpc) is 2.75. The summed E-state index contributed by atoms with van der Waals surface area (Å²) in [6, 6.07) is 18.7. The van der Waals surface area contributed by atoms with E-state index in [2.05, 4.69) is 22.3 Å². The Hall–Kier alpha value is -2.26. The number of likely N-dealkylation sites (N-methyl/N-ethyl adjacent to an activating group) is 1. The van der Waals surface area contributed by atoms with E-state index in [0.717, 1.165) is 5.56 Å². The molecule has 0 aliphatic carbocycles. The number of piperazine rings is 1. The Morgan fingerprint density at radius 1 is 0.967 bits per heavy atom. The van der Waals surface area contributed by atoms with E-state index in [-0.39, 0.29) is 18.5 Å². The van der Waals surface area contributed by atoms with Gasteiger partial charge in [-0.15, -0.1) is 0 Å². The van der Waals surface area contributed by atoms with Gasteiger partial charge in [0.2, 0.25) is 15.9 Å². The number of hydrogen-bond acceptors (Lipinski definition) is 5. The summed E-state index contributed by atoms with van der Waals surface area (Å²) in [5.74, 6) is -0.0443. The Morgan fingerprint density at radius 2 is 1.53 bits per heavy atom. The normalized spacial score (nSPS) is 17.0. The zero-order valence-electron chi connectivity index (χ0n) is 17.6. The van der Waals surface area contributed by atoms with Crippen LogP contribution in [0.4, 0.5) is 0 Å². The fraction of sp³-hybridized carbons (Fsp3) is 0.409. The molecule has 1 heterocycles. The molecular weight excluding hydrogens is 400 g/mol. The molecule has 2 aromatic carbocycles. The van der Waals surface area contributed by atoms with Gasteiger partial charge < -0.3 is 10.2 Å². The van der Waals surface area contributed by atoms with Crippen molar-refractivity contribution in [1.82, 2.24) is 19.4 Å². The minimum absolute atomic E-state index is 0.0443. The Morgan fingerprint density at radius 3 is 2.10 bits per heavy atom. The van der Waals surface area contributed by atoms with Crippen molar-refractivity contribution in [2.24, 2.45) is 0 Å². The van der Waals surface area contributed by atoms with Gasteiger partial charge in [-0.2, -0.15) is 4.31 Å². The second-order valence-corrected chi connectivity index (χ2v) is 9.63. The van der Waals surface area contributed by atoms with Gasteiger partial charge in [0, 0.05) is 32.7 Å². The molecule has 1 atom stereocenters. The molecule has 8 heteroatoms. The largest absolute Gasteiger partial charge is 0.353 e. The highest BCUT2D eigenvalue weighted by molar-refractivity contribution is 7.89. The van der Waals surface area contributed by atoms with Gasteiger partial charge in [-0.25, -0.2) is 8.42 Å². The van der Waals surface area contributed by atoms with Crippen LogP contribution < -0.4 is 5.32 Å². The molecule has 0 radical (unpaired) electrons. The number of nitrogens with zero attached hydrogens (tertiary/aromatic N) is 3. The highest BCUT2D eigenvalue weighted by Crippen LogP contribution is 2.18. The number of hydrogen-bond donors (Lipinski definition) is 1. The first-order valence-corrected chi connectivity index (χ1v) is 11.6. The van der Waals surface area contributed by atoms with Crippen molar-refractivity contribution >= 4 is 15.9 Å². The van der Waals surface area contributed by atoms with Gasteiger partial charge in [0.05, 0.1) is 17.5 Å². The van der Waals surface area contributed by atoms with Crippen LogP contribution in [0.25, 0.3) is 0 Å². The van der Waals surface area contributed by atoms with Crippen LogP contribution in [-0.4, -0.2) is 81.8 Å². The van der Waals surface area contributed by atoms with E-state index in [0.29, 0.717) is 37.6 Å². The average molecular weight is 431 g/mol. The highest BCUT2D eigenvalue weighted by Gasteiger charge is 2.29. The standard InChI is InChI=1S/C22H30N4O3S/c1-24(2)21(19-9-5-3-6-10-19)17-23-22(27)18-25-13-15-26(16-14-25)30(28,29)20-11-7-4-8-12-20/h3-12,21H,13-18H2,1-2H3,(H,23,27). The van der Waals surface area contributed by atoms with E-state index in [1.807, 2.05) is 37.2 Å². The number of carbonyl (C=O) groups excluding carboxylic acids is 1. The first kappa shape index (κ1) is 22.4. The zero-order chi connectivity index (χ0) is 21.6. The third kappa shape index (κ3) is 5.66. The summed E-state index contributed by atoms with van der Waals surface area (Å²) >= 11 is 0. The van der Waals surface area contributed by atoms with Crippen molar-refractivity contribution < 1.29 is 13.2 Å². The van der Waals surface area contributed by atoms with E-state index >= 15 is 0 Å². The molecule has 1 aliphatic rings. The van der Waals surface area contributed by atoms with Crippen LogP contribution in [0, 0.1) is 0 Å². The third-order valence-corrected chi connectivity index (χ3v) is 7.29. The lowest BCUT2D eigenvalue weighted by Crippen LogP contribution is -2.51. The smallest absolute Gasteiger partial charge is 0.243 e. The van der Waals surface area contributed by atoms with Crippen LogP contribution in [-0.2, 0) is 14.8 Å². The first-order valence-electron chi connectivity index (χ1n) is 10.1. The monoisotopic (exact) mass is 430 g/mol. The van der Waals surface area contributed by atoms with Crippen LogP contribution in [0.2, 0.25) is 0 Å². The Bertz CT molecular complexity index is 912. The van der Waals surface area contributed by atoms with Crippen molar-refractivity contribution in [3.05, 3.63) is 66.2 Å². The molecule has 0 saturated carbocycles. The maximum atomic E-state index is 12.7. The van der Waals surface area contributed by atoms with Crippen molar-refractivity contribution in [3.63, 3.8) is 0 Å². The molecule has 0 bridgehead atoms. The van der Waals surface area contributed by atoms with Crippen LogP contribution in [0.5, 0.6) is 0 Å². The molecule has 30 heavy (non-hydrogen) atoms. The molecular formula is C22H30N4O3S. The third-order valence-electron chi connectivity index (χ3n) is 5.38. The lowest BCUT2D eigenvalue weighted by Gasteiger charge is -2.33. The molecule has 1 saturated heterocycles. The molecule has 0 aromatic heterocycles. The molecule has 1 N–H and O–H groups in total. The molecule has 3 rings (SSSR count). The summed E-state index contributed by atoms with van der Waals surface area (Å²) in [6.07, 6.45) is 0. The molecule has 1 amide bonds. The van der Waals surface area contributed by atoms with Gasteiger partial charge in [-0.1, -0.05) is 48.5 Å². The lowest BCUT2D eigenvalue weighted by atomic mass is 10.1. The Labute approximate surface area is 179 Å². The molecule has 1 aliphatic heterocycles. The van der Waals surface area contributed by atoms with Crippen LogP contribution >= 0.6 is 0 Å². The summed E-state index contributed by atoms with van der Waals surface area (Å²) in [6.45, 7) is 2.64. The van der Waals surface area contributed by atoms with Gasteiger partial charge in [0.1, 0.15) is 0 Å². The predicted molar refractivity (Wildman–Crippen MR) is 118 cm³/mol. The van der Waals surface area contributed by atoms with Crippen molar-refractivity contribution in [1.29, 1.82) is 0 Å². The first-order chi connectivity index (χ1) is 14.4. The summed E-state index contributed by atoms with van der Waals surface area (Å²) in [4.78, 5) is 16.9. The molecule has 162 valence electrons. The van der Waals surface area contributed by atoms with Crippen LogP contribution in [0.3, 0.4) is 0 Å². The second-order valence-electron chi connectivity index (χ2n) is 7.69. The topological polar surface area (TPSA) is 73.0 Å². The predicted octanol–water partition coefficient (Wildman–Crippen LogP) is 1.41. The minimum Gasteiger partial charge on any atom is -0.353 e. The molecule has 7 nitrogen and oxygen atoms in total.